The van der Waals surface area contributed by atoms with E-state index in [1.807, 2.05) is 6.07 Å². The third-order valence-corrected chi connectivity index (χ3v) is 8.46. The fourth-order valence-electron chi connectivity index (χ4n) is 5.24. The second-order valence-corrected chi connectivity index (χ2v) is 11.7. The van der Waals surface area contributed by atoms with Crippen molar-refractivity contribution >= 4 is 48.7 Å². The van der Waals surface area contributed by atoms with Crippen LogP contribution in [-0.4, -0.2) is 13.1 Å². The minimum atomic E-state index is -0.325. The lowest BCUT2D eigenvalue weighted by Gasteiger charge is -2.19. The van der Waals surface area contributed by atoms with Crippen molar-refractivity contribution in [1.82, 2.24) is 0 Å². The van der Waals surface area contributed by atoms with Crippen LogP contribution in [0.1, 0.15) is 39.2 Å². The average molecular weight is 482 g/mol. The molecule has 1 saturated heterocycles. The van der Waals surface area contributed by atoms with Crippen LogP contribution in [-0.2, 0) is 5.41 Å². The molecule has 0 bridgehead atoms. The van der Waals surface area contributed by atoms with Gasteiger partial charge < -0.3 is 4.90 Å². The van der Waals surface area contributed by atoms with Gasteiger partial charge in [0.05, 0.1) is 0 Å². The quantitative estimate of drug-likeness (QED) is 0.253. The Morgan fingerprint density at radius 1 is 0.771 bits per heavy atom. The van der Waals surface area contributed by atoms with E-state index in [9.17, 15) is 9.18 Å². The van der Waals surface area contributed by atoms with Gasteiger partial charge >= 0.3 is 0 Å². The summed E-state index contributed by atoms with van der Waals surface area (Å²) in [6.07, 6.45) is 2.39. The molecule has 0 atom stereocenters. The van der Waals surface area contributed by atoms with Crippen LogP contribution in [0, 0.1) is 5.82 Å². The lowest BCUT2D eigenvalue weighted by atomic mass is 9.86. The van der Waals surface area contributed by atoms with Crippen LogP contribution in [0.25, 0.3) is 42.1 Å². The standard InChI is InChI=1S/C31H28FNOS/c1-31(2,3)20-8-6-19(7-9-20)28-18-27-25-16-21(32)10-12-23(25)29(34)24-13-11-22(33-14-4-5-15-33)17-26(24)30(27)35-28/h6-13,16-18H,4-5,14-15H2,1-3H3. The Morgan fingerprint density at radius 2 is 1.43 bits per heavy atom. The van der Waals surface area contributed by atoms with Crippen molar-refractivity contribution in [3.63, 3.8) is 0 Å². The van der Waals surface area contributed by atoms with Crippen molar-refractivity contribution in [3.05, 3.63) is 88.3 Å². The maximum atomic E-state index is 14.4. The second-order valence-electron chi connectivity index (χ2n) is 10.6. The monoisotopic (exact) mass is 481 g/mol. The van der Waals surface area contributed by atoms with Gasteiger partial charge in [0.2, 0.25) is 0 Å². The van der Waals surface area contributed by atoms with Crippen LogP contribution in [0.15, 0.2) is 71.5 Å². The molecule has 5 aromatic rings. The molecule has 0 saturated carbocycles. The van der Waals surface area contributed by atoms with Gasteiger partial charge in [-0.1, -0.05) is 45.0 Å². The van der Waals surface area contributed by atoms with E-state index in [2.05, 4.69) is 68.1 Å². The number of hydrogen-bond donors (Lipinski definition) is 0. The first-order valence-corrected chi connectivity index (χ1v) is 13.1. The molecular formula is C31H28FNOS. The maximum absolute atomic E-state index is 14.4. The fourth-order valence-corrected chi connectivity index (χ4v) is 6.45. The summed E-state index contributed by atoms with van der Waals surface area (Å²) < 4.78 is 15.5. The van der Waals surface area contributed by atoms with E-state index < -0.39 is 0 Å². The number of thiophene rings is 1. The molecule has 0 amide bonds. The first-order valence-electron chi connectivity index (χ1n) is 12.3. The third-order valence-electron chi connectivity index (χ3n) is 7.25. The number of fused-ring (bicyclic) bond motifs is 5. The molecule has 1 fully saturated rings. The lowest BCUT2D eigenvalue weighted by Crippen LogP contribution is -2.17. The van der Waals surface area contributed by atoms with Crippen molar-refractivity contribution in [2.24, 2.45) is 0 Å². The highest BCUT2D eigenvalue weighted by atomic mass is 32.1. The zero-order valence-electron chi connectivity index (χ0n) is 20.3. The predicted molar refractivity (Wildman–Crippen MR) is 149 cm³/mol. The smallest absolute Gasteiger partial charge is 0.194 e. The highest BCUT2D eigenvalue weighted by Gasteiger charge is 2.18. The molecule has 4 aromatic carbocycles. The van der Waals surface area contributed by atoms with Crippen LogP contribution >= 0.6 is 11.3 Å². The summed E-state index contributed by atoms with van der Waals surface area (Å²) in [4.78, 5) is 17.1. The van der Waals surface area contributed by atoms with Crippen molar-refractivity contribution in [2.45, 2.75) is 39.0 Å². The van der Waals surface area contributed by atoms with Gasteiger partial charge in [-0.2, -0.15) is 0 Å². The molecule has 2 heterocycles. The van der Waals surface area contributed by atoms with Crippen LogP contribution in [0.2, 0.25) is 0 Å². The van der Waals surface area contributed by atoms with Gasteiger partial charge in [-0.15, -0.1) is 11.3 Å². The largest absolute Gasteiger partial charge is 0.372 e. The molecule has 2 nitrogen and oxygen atoms in total. The van der Waals surface area contributed by atoms with Crippen molar-refractivity contribution in [1.29, 1.82) is 0 Å². The summed E-state index contributed by atoms with van der Waals surface area (Å²) in [5.41, 5.74) is 3.63. The summed E-state index contributed by atoms with van der Waals surface area (Å²) >= 11 is 1.69. The van der Waals surface area contributed by atoms with E-state index in [1.54, 1.807) is 17.4 Å². The molecule has 0 spiro atoms. The van der Waals surface area contributed by atoms with E-state index in [-0.39, 0.29) is 16.7 Å². The number of hydrogen-bond acceptors (Lipinski definition) is 3. The van der Waals surface area contributed by atoms with E-state index in [0.29, 0.717) is 16.2 Å². The highest BCUT2D eigenvalue weighted by molar-refractivity contribution is 7.23. The first-order chi connectivity index (χ1) is 16.8. The van der Waals surface area contributed by atoms with Gasteiger partial charge in [0.25, 0.3) is 0 Å². The van der Waals surface area contributed by atoms with Gasteiger partial charge in [-0.3, -0.25) is 4.79 Å². The van der Waals surface area contributed by atoms with Gasteiger partial charge in [-0.25, -0.2) is 4.39 Å². The van der Waals surface area contributed by atoms with Crippen LogP contribution in [0.5, 0.6) is 0 Å². The molecule has 1 aromatic heterocycles. The molecule has 1 aliphatic rings. The molecule has 35 heavy (non-hydrogen) atoms. The summed E-state index contributed by atoms with van der Waals surface area (Å²) in [6, 6.07) is 21.6. The number of nitrogens with zero attached hydrogens (tertiary/aromatic N) is 1. The van der Waals surface area contributed by atoms with Crippen LogP contribution < -0.4 is 10.3 Å². The SMILES string of the molecule is CC(C)(C)c1ccc(-c2cc3c4cc(F)ccc4c(=O)c4ccc(N5CCCC5)cc4c3s2)cc1. The second kappa shape index (κ2) is 8.17. The molecule has 0 N–H and O–H groups in total. The molecule has 0 aliphatic carbocycles. The fraction of sp³-hybridized carbons (Fsp3) is 0.258. The van der Waals surface area contributed by atoms with Crippen molar-refractivity contribution in [2.75, 3.05) is 18.0 Å². The Balaban J connectivity index is 1.67. The van der Waals surface area contributed by atoms with E-state index in [1.165, 1.54) is 30.5 Å². The summed E-state index contributed by atoms with van der Waals surface area (Å²) in [7, 11) is 0. The Labute approximate surface area is 208 Å². The van der Waals surface area contributed by atoms with E-state index in [0.717, 1.165) is 44.7 Å². The molecule has 0 radical (unpaired) electrons. The minimum Gasteiger partial charge on any atom is -0.372 e. The third kappa shape index (κ3) is 3.81. The topological polar surface area (TPSA) is 20.3 Å². The molecule has 176 valence electrons. The van der Waals surface area contributed by atoms with Crippen LogP contribution in [0.3, 0.4) is 0 Å². The number of halogens is 1. The zero-order chi connectivity index (χ0) is 24.3. The van der Waals surface area contributed by atoms with Gasteiger partial charge in [0, 0.05) is 49.9 Å². The zero-order valence-corrected chi connectivity index (χ0v) is 21.1. The average Bonchev–Trinajstić information content (AvgIpc) is 3.52. The molecular weight excluding hydrogens is 453 g/mol. The highest BCUT2D eigenvalue weighted by Crippen LogP contribution is 2.41. The maximum Gasteiger partial charge on any atom is 0.194 e. The van der Waals surface area contributed by atoms with Gasteiger partial charge in [0.15, 0.2) is 5.43 Å². The summed E-state index contributed by atoms with van der Waals surface area (Å²) in [5, 5.41) is 3.82. The summed E-state index contributed by atoms with van der Waals surface area (Å²) in [6.45, 7) is 8.73. The van der Waals surface area contributed by atoms with Gasteiger partial charge in [0.1, 0.15) is 5.82 Å². The summed E-state index contributed by atoms with van der Waals surface area (Å²) in [5.74, 6) is -0.325. The predicted octanol–water partition coefficient (Wildman–Crippen LogP) is 8.27. The van der Waals surface area contributed by atoms with Crippen molar-refractivity contribution < 1.29 is 4.39 Å². The number of benzene rings is 3. The Bertz CT molecular complexity index is 1650. The number of rotatable bonds is 2. The molecule has 6 rings (SSSR count). The molecule has 4 heteroatoms. The first kappa shape index (κ1) is 22.2. The minimum absolute atomic E-state index is 0.0394. The Hall–Kier alpha value is -3.24. The molecule has 0 unspecified atom stereocenters. The van der Waals surface area contributed by atoms with Gasteiger partial charge in [-0.05, 0) is 77.2 Å². The van der Waals surface area contributed by atoms with E-state index >= 15 is 0 Å². The normalized spacial score (nSPS) is 14.5. The number of anilines is 1. The Kier molecular flexibility index (Phi) is 5.19. The molecule has 1 aliphatic heterocycles. The lowest BCUT2D eigenvalue weighted by molar-refractivity contribution is 0.590. The van der Waals surface area contributed by atoms with Crippen molar-refractivity contribution in [3.8, 4) is 10.4 Å². The van der Waals surface area contributed by atoms with E-state index in [4.69, 9.17) is 0 Å². The Morgan fingerprint density at radius 3 is 2.14 bits per heavy atom. The van der Waals surface area contributed by atoms with Crippen LogP contribution in [0.4, 0.5) is 10.1 Å².